The highest BCUT2D eigenvalue weighted by Gasteiger charge is 2.33. The van der Waals surface area contributed by atoms with E-state index in [4.69, 9.17) is 4.74 Å². The van der Waals surface area contributed by atoms with Crippen molar-refractivity contribution in [2.24, 2.45) is 0 Å². The lowest BCUT2D eigenvalue weighted by Gasteiger charge is -2.24. The van der Waals surface area contributed by atoms with Crippen LogP contribution in [-0.2, 0) is 16.1 Å². The van der Waals surface area contributed by atoms with Crippen molar-refractivity contribution < 1.29 is 9.53 Å². The van der Waals surface area contributed by atoms with Gasteiger partial charge in [-0.1, -0.05) is 19.3 Å². The number of carbonyl (C=O) groups is 1. The highest BCUT2D eigenvalue weighted by Crippen LogP contribution is 2.33. The van der Waals surface area contributed by atoms with Crippen molar-refractivity contribution in [1.82, 2.24) is 10.3 Å². The molecular weight excluding hydrogens is 310 g/mol. The molecule has 0 radical (unpaired) electrons. The first-order valence-electron chi connectivity index (χ1n) is 8.69. The van der Waals surface area contributed by atoms with Gasteiger partial charge in [0, 0.05) is 38.0 Å². The molecule has 1 amide bonds. The highest BCUT2D eigenvalue weighted by atomic mass is 32.1. The predicted molar refractivity (Wildman–Crippen MR) is 92.8 cm³/mol. The van der Waals surface area contributed by atoms with Crippen molar-refractivity contribution in [2.75, 3.05) is 12.0 Å². The molecule has 2 atom stereocenters. The largest absolute Gasteiger partial charge is 0.380 e. The van der Waals surface area contributed by atoms with E-state index in [9.17, 15) is 4.79 Å². The monoisotopic (exact) mass is 337 g/mol. The Morgan fingerprint density at radius 3 is 2.83 bits per heavy atom. The topological polar surface area (TPSA) is 54.5 Å². The lowest BCUT2D eigenvalue weighted by atomic mass is 10.1. The maximum absolute atomic E-state index is 11.8. The molecule has 128 valence electrons. The second-order valence-electron chi connectivity index (χ2n) is 6.64. The van der Waals surface area contributed by atoms with Gasteiger partial charge in [-0.3, -0.25) is 9.69 Å². The standard InChI is InChI=1S/C17H27N3O2S/c1-12(21)20(14-8-9-14)17-19-13(11-23-17)10-18-15-6-4-3-5-7-16(15)22-2/h11,14-16,18H,3-10H2,1-2H3/t15-,16-/m0/s1. The number of carbonyl (C=O) groups excluding carboxylic acids is 1. The van der Waals surface area contributed by atoms with E-state index >= 15 is 0 Å². The number of anilines is 1. The van der Waals surface area contributed by atoms with E-state index in [0.29, 0.717) is 18.2 Å². The molecular formula is C17H27N3O2S. The summed E-state index contributed by atoms with van der Waals surface area (Å²) in [5.41, 5.74) is 1.02. The molecule has 1 aromatic rings. The molecule has 0 unspecified atom stereocenters. The van der Waals surface area contributed by atoms with Crippen molar-refractivity contribution in [3.63, 3.8) is 0 Å². The molecule has 1 heterocycles. The lowest BCUT2D eigenvalue weighted by molar-refractivity contribution is -0.116. The van der Waals surface area contributed by atoms with Crippen LogP contribution in [0.15, 0.2) is 5.38 Å². The molecule has 0 aromatic carbocycles. The van der Waals surface area contributed by atoms with Crippen molar-refractivity contribution in [1.29, 1.82) is 0 Å². The van der Waals surface area contributed by atoms with Crippen LogP contribution in [0.5, 0.6) is 0 Å². The number of hydrogen-bond donors (Lipinski definition) is 1. The number of hydrogen-bond acceptors (Lipinski definition) is 5. The average molecular weight is 337 g/mol. The molecule has 2 saturated carbocycles. The SMILES string of the molecule is CO[C@H]1CCCCC[C@@H]1NCc1csc(N(C(C)=O)C2CC2)n1. The van der Waals surface area contributed by atoms with Crippen LogP contribution < -0.4 is 10.2 Å². The summed E-state index contributed by atoms with van der Waals surface area (Å²) >= 11 is 1.57. The summed E-state index contributed by atoms with van der Waals surface area (Å²) in [6.07, 6.45) is 8.62. The Hall–Kier alpha value is -0.980. The summed E-state index contributed by atoms with van der Waals surface area (Å²) in [5.74, 6) is 0.101. The van der Waals surface area contributed by atoms with E-state index in [1.165, 1.54) is 19.3 Å². The minimum Gasteiger partial charge on any atom is -0.380 e. The number of ether oxygens (including phenoxy) is 1. The lowest BCUT2D eigenvalue weighted by Crippen LogP contribution is -2.39. The number of rotatable bonds is 6. The van der Waals surface area contributed by atoms with Gasteiger partial charge in [0.1, 0.15) is 0 Å². The van der Waals surface area contributed by atoms with Crippen LogP contribution in [0.1, 0.15) is 57.6 Å². The van der Waals surface area contributed by atoms with Gasteiger partial charge in [0.15, 0.2) is 5.13 Å². The molecule has 6 heteroatoms. The molecule has 2 aliphatic carbocycles. The average Bonchev–Trinajstić information content (AvgIpc) is 3.29. The summed E-state index contributed by atoms with van der Waals surface area (Å²) < 4.78 is 5.65. The van der Waals surface area contributed by atoms with E-state index in [1.54, 1.807) is 18.3 Å². The second-order valence-corrected chi connectivity index (χ2v) is 7.48. The molecule has 0 saturated heterocycles. The normalized spacial score (nSPS) is 25.1. The van der Waals surface area contributed by atoms with Gasteiger partial charge < -0.3 is 10.1 Å². The van der Waals surface area contributed by atoms with Gasteiger partial charge in [-0.15, -0.1) is 11.3 Å². The van der Waals surface area contributed by atoms with Crippen LogP contribution in [0.25, 0.3) is 0 Å². The molecule has 0 aliphatic heterocycles. The Labute approximate surface area is 142 Å². The highest BCUT2D eigenvalue weighted by molar-refractivity contribution is 7.14. The van der Waals surface area contributed by atoms with Crippen LogP contribution in [0.3, 0.4) is 0 Å². The van der Waals surface area contributed by atoms with Gasteiger partial charge in [-0.2, -0.15) is 0 Å². The first-order valence-corrected chi connectivity index (χ1v) is 9.57. The Morgan fingerprint density at radius 2 is 2.13 bits per heavy atom. The Morgan fingerprint density at radius 1 is 1.35 bits per heavy atom. The fraction of sp³-hybridized carbons (Fsp3) is 0.765. The van der Waals surface area contributed by atoms with E-state index in [-0.39, 0.29) is 5.91 Å². The number of amides is 1. The quantitative estimate of drug-likeness (QED) is 0.811. The zero-order valence-corrected chi connectivity index (χ0v) is 14.9. The maximum atomic E-state index is 11.8. The summed E-state index contributed by atoms with van der Waals surface area (Å²) in [4.78, 5) is 18.4. The van der Waals surface area contributed by atoms with Gasteiger partial charge in [-0.05, 0) is 25.7 Å². The van der Waals surface area contributed by atoms with Gasteiger partial charge in [0.05, 0.1) is 11.8 Å². The number of nitrogens with zero attached hydrogens (tertiary/aromatic N) is 2. The molecule has 3 rings (SSSR count). The van der Waals surface area contributed by atoms with Gasteiger partial charge >= 0.3 is 0 Å². The second kappa shape index (κ2) is 7.73. The third kappa shape index (κ3) is 4.31. The number of methoxy groups -OCH3 is 1. The zero-order chi connectivity index (χ0) is 16.2. The van der Waals surface area contributed by atoms with Gasteiger partial charge in [-0.25, -0.2) is 4.98 Å². The molecule has 2 aliphatic rings. The summed E-state index contributed by atoms with van der Waals surface area (Å²) in [5, 5.41) is 6.54. The third-order valence-corrected chi connectivity index (χ3v) is 5.69. The molecule has 23 heavy (non-hydrogen) atoms. The van der Waals surface area contributed by atoms with E-state index in [1.807, 2.05) is 12.0 Å². The van der Waals surface area contributed by atoms with E-state index in [2.05, 4.69) is 15.7 Å². The van der Waals surface area contributed by atoms with Gasteiger partial charge in [0.25, 0.3) is 0 Å². The minimum atomic E-state index is 0.101. The summed E-state index contributed by atoms with van der Waals surface area (Å²) in [6.45, 7) is 2.38. The summed E-state index contributed by atoms with van der Waals surface area (Å²) in [7, 11) is 1.81. The molecule has 5 nitrogen and oxygen atoms in total. The van der Waals surface area contributed by atoms with Crippen molar-refractivity contribution >= 4 is 22.4 Å². The minimum absolute atomic E-state index is 0.101. The molecule has 0 spiro atoms. The number of aromatic nitrogens is 1. The third-order valence-electron chi connectivity index (χ3n) is 4.80. The van der Waals surface area contributed by atoms with Crippen molar-refractivity contribution in [2.45, 2.75) is 76.6 Å². The summed E-state index contributed by atoms with van der Waals surface area (Å²) in [6, 6.07) is 0.777. The Kier molecular flexibility index (Phi) is 5.67. The molecule has 0 bridgehead atoms. The van der Waals surface area contributed by atoms with Crippen LogP contribution in [0.4, 0.5) is 5.13 Å². The van der Waals surface area contributed by atoms with E-state index in [0.717, 1.165) is 43.1 Å². The van der Waals surface area contributed by atoms with Crippen molar-refractivity contribution in [3.8, 4) is 0 Å². The predicted octanol–water partition coefficient (Wildman–Crippen LogP) is 3.10. The number of nitrogens with one attached hydrogen (secondary N) is 1. The molecule has 1 aromatic heterocycles. The number of thiazole rings is 1. The van der Waals surface area contributed by atoms with E-state index < -0.39 is 0 Å². The first-order chi connectivity index (χ1) is 11.2. The van der Waals surface area contributed by atoms with Crippen molar-refractivity contribution in [3.05, 3.63) is 11.1 Å². The fourth-order valence-corrected chi connectivity index (χ4v) is 4.33. The fourth-order valence-electron chi connectivity index (χ4n) is 3.39. The van der Waals surface area contributed by atoms with Gasteiger partial charge in [0.2, 0.25) is 5.91 Å². The smallest absolute Gasteiger partial charge is 0.225 e. The van der Waals surface area contributed by atoms with Crippen LogP contribution in [0, 0.1) is 0 Å². The Balaban J connectivity index is 1.59. The van der Waals surface area contributed by atoms with Crippen LogP contribution in [-0.4, -0.2) is 36.2 Å². The first kappa shape index (κ1) is 16.9. The molecule has 2 fully saturated rings. The van der Waals surface area contributed by atoms with Crippen LogP contribution >= 0.6 is 11.3 Å². The molecule has 1 N–H and O–H groups in total. The van der Waals surface area contributed by atoms with Crippen LogP contribution in [0.2, 0.25) is 0 Å². The zero-order valence-electron chi connectivity index (χ0n) is 14.1. The Bertz CT molecular complexity index is 530. The maximum Gasteiger partial charge on any atom is 0.225 e.